The molecule has 0 aliphatic carbocycles. The highest BCUT2D eigenvalue weighted by atomic mass is 32.2. The van der Waals surface area contributed by atoms with E-state index in [0.717, 1.165) is 24.3 Å². The van der Waals surface area contributed by atoms with Crippen molar-refractivity contribution in [2.24, 2.45) is 9.98 Å². The number of anilines is 1. The third kappa shape index (κ3) is 5.90. The van der Waals surface area contributed by atoms with Gasteiger partial charge in [0.15, 0.2) is 5.17 Å². The fourth-order valence-corrected chi connectivity index (χ4v) is 6.02. The van der Waals surface area contributed by atoms with E-state index in [1.807, 2.05) is 47.4 Å². The highest BCUT2D eigenvalue weighted by Gasteiger charge is 2.41. The molecule has 3 amide bonds. The van der Waals surface area contributed by atoms with Gasteiger partial charge >= 0.3 is 0 Å². The number of rotatable bonds is 8. The maximum Gasteiger partial charge on any atom is 0.259 e. The molecule has 2 aromatic carbocycles. The first kappa shape index (κ1) is 26.8. The van der Waals surface area contributed by atoms with Gasteiger partial charge in [0.1, 0.15) is 17.6 Å². The predicted octanol–water partition coefficient (Wildman–Crippen LogP) is 3.42. The van der Waals surface area contributed by atoms with E-state index in [1.165, 1.54) is 16.7 Å². The average Bonchev–Trinajstić information content (AvgIpc) is 3.66. The van der Waals surface area contributed by atoms with Gasteiger partial charge in [-0.25, -0.2) is 9.89 Å². The van der Waals surface area contributed by atoms with Crippen LogP contribution in [-0.4, -0.2) is 76.5 Å². The molecular formula is C30H30N6O4S. The van der Waals surface area contributed by atoms with Crippen LogP contribution in [0.1, 0.15) is 24.2 Å². The lowest BCUT2D eigenvalue weighted by Crippen LogP contribution is -2.49. The van der Waals surface area contributed by atoms with Gasteiger partial charge in [0.2, 0.25) is 11.8 Å². The number of nitrogens with one attached hydrogen (secondary N) is 1. The van der Waals surface area contributed by atoms with E-state index in [9.17, 15) is 14.4 Å². The van der Waals surface area contributed by atoms with Crippen molar-refractivity contribution in [2.75, 3.05) is 36.8 Å². The summed E-state index contributed by atoms with van der Waals surface area (Å²) in [6.07, 6.45) is 1.98. The Hall–Kier alpha value is -4.38. The highest BCUT2D eigenvalue weighted by Crippen LogP contribution is 2.34. The van der Waals surface area contributed by atoms with Crippen LogP contribution in [0.3, 0.4) is 0 Å². The third-order valence-corrected chi connectivity index (χ3v) is 8.23. The number of hydrogen-bond acceptors (Lipinski definition) is 8. The molecule has 1 N–H and O–H groups in total. The van der Waals surface area contributed by atoms with E-state index in [-0.39, 0.29) is 36.3 Å². The summed E-state index contributed by atoms with van der Waals surface area (Å²) >= 11 is 1.25. The van der Waals surface area contributed by atoms with Crippen molar-refractivity contribution in [1.29, 1.82) is 0 Å². The summed E-state index contributed by atoms with van der Waals surface area (Å²) in [4.78, 5) is 54.2. The summed E-state index contributed by atoms with van der Waals surface area (Å²) in [5.41, 5.74) is 2.63. The van der Waals surface area contributed by atoms with Gasteiger partial charge in [-0.1, -0.05) is 42.1 Å². The van der Waals surface area contributed by atoms with Crippen molar-refractivity contribution in [3.8, 4) is 0 Å². The van der Waals surface area contributed by atoms with Crippen LogP contribution in [0, 0.1) is 0 Å². The van der Waals surface area contributed by atoms with Gasteiger partial charge in [-0.2, -0.15) is 0 Å². The molecule has 6 rings (SSSR count). The molecule has 0 unspecified atom stereocenters. The maximum atomic E-state index is 13.5. The molecule has 3 aromatic rings. The van der Waals surface area contributed by atoms with Crippen molar-refractivity contribution in [3.05, 3.63) is 84.3 Å². The van der Waals surface area contributed by atoms with Crippen LogP contribution in [-0.2, 0) is 20.9 Å². The molecule has 4 heterocycles. The number of nitrogens with zero attached hydrogens (tertiary/aromatic N) is 5. The monoisotopic (exact) mass is 570 g/mol. The van der Waals surface area contributed by atoms with Gasteiger partial charge in [0, 0.05) is 43.9 Å². The summed E-state index contributed by atoms with van der Waals surface area (Å²) in [6.45, 7) is 3.12. The first-order chi connectivity index (χ1) is 20.1. The number of piperazine rings is 1. The smallest absolute Gasteiger partial charge is 0.259 e. The molecule has 1 saturated heterocycles. The molecule has 11 heteroatoms. The van der Waals surface area contributed by atoms with Crippen molar-refractivity contribution in [2.45, 2.75) is 25.4 Å². The first-order valence-corrected chi connectivity index (χ1v) is 14.6. The Morgan fingerprint density at radius 1 is 0.976 bits per heavy atom. The number of carbonyl (C=O) groups excluding carboxylic acids is 3. The normalized spacial score (nSPS) is 18.0. The Morgan fingerprint density at radius 2 is 1.76 bits per heavy atom. The number of para-hydroxylation sites is 2. The number of benzene rings is 2. The zero-order valence-corrected chi connectivity index (χ0v) is 23.3. The lowest BCUT2D eigenvalue weighted by atomic mass is 10.1. The van der Waals surface area contributed by atoms with Gasteiger partial charge in [-0.3, -0.25) is 19.4 Å². The molecule has 3 aliphatic rings. The summed E-state index contributed by atoms with van der Waals surface area (Å²) in [5.74, 6) is 0.954. The summed E-state index contributed by atoms with van der Waals surface area (Å²) in [5, 5.41) is 3.25. The van der Waals surface area contributed by atoms with Crippen LogP contribution in [0.5, 0.6) is 0 Å². The molecule has 210 valence electrons. The molecule has 0 saturated carbocycles. The van der Waals surface area contributed by atoms with Crippen LogP contribution >= 0.6 is 11.8 Å². The Bertz CT molecular complexity index is 1480. The van der Waals surface area contributed by atoms with Crippen LogP contribution in [0.4, 0.5) is 11.4 Å². The molecule has 3 aliphatic heterocycles. The number of carbonyl (C=O) groups is 3. The topological polar surface area (TPSA) is 111 Å². The number of fused-ring (bicyclic) bond motifs is 3. The van der Waals surface area contributed by atoms with Crippen molar-refractivity contribution in [3.63, 3.8) is 0 Å². The SMILES string of the molecule is O=C(CC[C@@H]1N=C2c3ccccc3N=C(SCC(=O)N3CCN(c4ccccc4)CC3)N2C1=O)NCc1ccco1. The Balaban J connectivity index is 1.08. The molecule has 1 atom stereocenters. The van der Waals surface area contributed by atoms with Crippen LogP contribution in [0.2, 0.25) is 0 Å². The van der Waals surface area contributed by atoms with Crippen LogP contribution in [0.15, 0.2) is 87.4 Å². The van der Waals surface area contributed by atoms with E-state index < -0.39 is 6.04 Å². The molecule has 0 bridgehead atoms. The molecule has 0 radical (unpaired) electrons. The largest absolute Gasteiger partial charge is 0.467 e. The van der Waals surface area contributed by atoms with E-state index in [4.69, 9.17) is 14.4 Å². The minimum atomic E-state index is -0.696. The molecule has 0 spiro atoms. The van der Waals surface area contributed by atoms with Gasteiger partial charge in [0.05, 0.1) is 24.2 Å². The second kappa shape index (κ2) is 12.0. The van der Waals surface area contributed by atoms with E-state index >= 15 is 0 Å². The molecular weight excluding hydrogens is 540 g/mol. The highest BCUT2D eigenvalue weighted by molar-refractivity contribution is 8.14. The number of hydrogen-bond donors (Lipinski definition) is 1. The number of amidine groups is 2. The zero-order chi connectivity index (χ0) is 28.2. The molecule has 1 aromatic heterocycles. The van der Waals surface area contributed by atoms with Crippen LogP contribution in [0.25, 0.3) is 0 Å². The van der Waals surface area contributed by atoms with Gasteiger partial charge < -0.3 is 19.5 Å². The van der Waals surface area contributed by atoms with Crippen molar-refractivity contribution in [1.82, 2.24) is 15.1 Å². The minimum absolute atomic E-state index is 0.0131. The molecule has 1 fully saturated rings. The average molecular weight is 571 g/mol. The number of amides is 3. The number of thioether (sulfide) groups is 1. The Kier molecular flexibility index (Phi) is 7.86. The summed E-state index contributed by atoms with van der Waals surface area (Å²) < 4.78 is 5.25. The zero-order valence-electron chi connectivity index (χ0n) is 22.4. The summed E-state index contributed by atoms with van der Waals surface area (Å²) in [7, 11) is 0. The van der Waals surface area contributed by atoms with Crippen molar-refractivity contribution >= 4 is 51.9 Å². The van der Waals surface area contributed by atoms with E-state index in [2.05, 4.69) is 22.3 Å². The van der Waals surface area contributed by atoms with Gasteiger partial charge in [-0.05, 0) is 42.8 Å². The van der Waals surface area contributed by atoms with Gasteiger partial charge in [0.25, 0.3) is 5.91 Å². The van der Waals surface area contributed by atoms with Crippen LogP contribution < -0.4 is 10.2 Å². The second-order valence-electron chi connectivity index (χ2n) is 9.94. The third-order valence-electron chi connectivity index (χ3n) is 7.31. The second-order valence-corrected chi connectivity index (χ2v) is 10.9. The Morgan fingerprint density at radius 3 is 2.54 bits per heavy atom. The minimum Gasteiger partial charge on any atom is -0.467 e. The maximum absolute atomic E-state index is 13.5. The summed E-state index contributed by atoms with van der Waals surface area (Å²) in [6, 6.07) is 20.6. The van der Waals surface area contributed by atoms with Crippen molar-refractivity contribution < 1.29 is 18.8 Å². The van der Waals surface area contributed by atoms with E-state index in [1.54, 1.807) is 18.4 Å². The predicted molar refractivity (Wildman–Crippen MR) is 158 cm³/mol. The fourth-order valence-electron chi connectivity index (χ4n) is 5.11. The standard InChI is InChI=1S/C30H30N6O4S/c37-26(31-19-22-9-6-18-40-22)13-12-25-29(39)36-28(32-25)23-10-4-5-11-24(23)33-30(36)41-20-27(38)35-16-14-34(15-17-35)21-7-2-1-3-8-21/h1-11,18,25H,12-17,19-20H2,(H,31,37)/t25-/m0/s1. The lowest BCUT2D eigenvalue weighted by molar-refractivity contribution is -0.129. The number of furan rings is 1. The quantitative estimate of drug-likeness (QED) is 0.445. The van der Waals surface area contributed by atoms with E-state index in [0.29, 0.717) is 42.1 Å². The lowest BCUT2D eigenvalue weighted by Gasteiger charge is -2.36. The number of aliphatic imine (C=N–C) groups is 2. The first-order valence-electron chi connectivity index (χ1n) is 13.7. The fraction of sp³-hybridized carbons (Fsp3) is 0.300. The molecule has 41 heavy (non-hydrogen) atoms. The Labute approximate surface area is 242 Å². The van der Waals surface area contributed by atoms with Gasteiger partial charge in [-0.15, -0.1) is 0 Å². The molecule has 10 nitrogen and oxygen atoms in total.